The first-order valence-corrected chi connectivity index (χ1v) is 10.0. The predicted octanol–water partition coefficient (Wildman–Crippen LogP) is 5.19. The van der Waals surface area contributed by atoms with E-state index in [0.29, 0.717) is 23.0 Å². The Bertz CT molecular complexity index is 1200. The van der Waals surface area contributed by atoms with Crippen LogP contribution in [0.15, 0.2) is 77.4 Å². The van der Waals surface area contributed by atoms with Crippen LogP contribution in [0.4, 0.5) is 5.69 Å². The molecule has 0 fully saturated rings. The monoisotopic (exact) mass is 418 g/mol. The van der Waals surface area contributed by atoms with Crippen LogP contribution < -0.4 is 5.32 Å². The van der Waals surface area contributed by atoms with Crippen LogP contribution in [0.5, 0.6) is 0 Å². The van der Waals surface area contributed by atoms with Gasteiger partial charge in [0.1, 0.15) is 17.1 Å². The van der Waals surface area contributed by atoms with Crippen LogP contribution in [-0.4, -0.2) is 20.6 Å². The summed E-state index contributed by atoms with van der Waals surface area (Å²) >= 11 is 6.82. The maximum absolute atomic E-state index is 13.4. The van der Waals surface area contributed by atoms with Crippen molar-refractivity contribution in [3.63, 3.8) is 0 Å². The van der Waals surface area contributed by atoms with E-state index in [9.17, 15) is 4.79 Å². The van der Waals surface area contributed by atoms with E-state index in [4.69, 9.17) is 16.0 Å². The second-order valence-corrected chi connectivity index (χ2v) is 7.50. The highest BCUT2D eigenvalue weighted by molar-refractivity contribution is 6.30. The first-order chi connectivity index (χ1) is 14.6. The summed E-state index contributed by atoms with van der Waals surface area (Å²) in [4.78, 5) is 15.1. The lowest BCUT2D eigenvalue weighted by Gasteiger charge is -2.37. The molecule has 150 valence electrons. The molecule has 0 saturated carbocycles. The maximum atomic E-state index is 13.4. The van der Waals surface area contributed by atoms with Crippen molar-refractivity contribution in [3.05, 3.63) is 101 Å². The van der Waals surface area contributed by atoms with E-state index in [0.717, 1.165) is 22.6 Å². The molecular formula is C23H19ClN4O2. The third kappa shape index (κ3) is 3.06. The lowest BCUT2D eigenvalue weighted by molar-refractivity contribution is 0.0651. The summed E-state index contributed by atoms with van der Waals surface area (Å²) < 4.78 is 7.21. The molecule has 0 aliphatic carbocycles. The maximum Gasteiger partial charge on any atom is 0.258 e. The predicted molar refractivity (Wildman–Crippen MR) is 115 cm³/mol. The van der Waals surface area contributed by atoms with Crippen LogP contribution in [0.2, 0.25) is 5.15 Å². The number of carbonyl (C=O) groups excluding carboxylic acids is 1. The van der Waals surface area contributed by atoms with Crippen LogP contribution in [0.25, 0.3) is 5.69 Å². The van der Waals surface area contributed by atoms with Gasteiger partial charge in [-0.25, -0.2) is 4.68 Å². The molecule has 1 atom stereocenters. The number of fused-ring (bicyclic) bond motifs is 1. The molecule has 5 rings (SSSR count). The number of hydrogen-bond donors (Lipinski definition) is 1. The fourth-order valence-corrected chi connectivity index (χ4v) is 4.19. The van der Waals surface area contributed by atoms with Gasteiger partial charge in [0.05, 0.1) is 35.3 Å². The second kappa shape index (κ2) is 7.39. The highest BCUT2D eigenvalue weighted by Crippen LogP contribution is 2.38. The number of hydrogen-bond acceptors (Lipinski definition) is 4. The van der Waals surface area contributed by atoms with Crippen LogP contribution in [0.1, 0.15) is 33.5 Å². The fourth-order valence-electron chi connectivity index (χ4n) is 3.82. The number of nitrogens with one attached hydrogen (secondary N) is 1. The molecular weight excluding hydrogens is 400 g/mol. The zero-order valence-corrected chi connectivity index (χ0v) is 17.0. The number of carbonyl (C=O) groups is 1. The molecule has 0 saturated heterocycles. The van der Waals surface area contributed by atoms with Crippen LogP contribution >= 0.6 is 11.6 Å². The minimum Gasteiger partial charge on any atom is -0.467 e. The smallest absolute Gasteiger partial charge is 0.258 e. The lowest BCUT2D eigenvalue weighted by atomic mass is 10.0. The Kier molecular flexibility index (Phi) is 4.56. The van der Waals surface area contributed by atoms with Gasteiger partial charge in [0.2, 0.25) is 0 Å². The number of rotatable bonds is 4. The summed E-state index contributed by atoms with van der Waals surface area (Å²) in [7, 11) is 0. The number of aryl methyl sites for hydroxylation is 1. The molecule has 0 bridgehead atoms. The van der Waals surface area contributed by atoms with Gasteiger partial charge in [-0.15, -0.1) is 0 Å². The minimum atomic E-state index is -0.484. The van der Waals surface area contributed by atoms with Crippen LogP contribution in [0.3, 0.4) is 0 Å². The van der Waals surface area contributed by atoms with E-state index in [1.807, 2.05) is 73.7 Å². The largest absolute Gasteiger partial charge is 0.467 e. The molecule has 4 aromatic rings. The number of halogens is 1. The molecule has 3 heterocycles. The summed E-state index contributed by atoms with van der Waals surface area (Å²) in [5.74, 6) is 0.604. The van der Waals surface area contributed by atoms with Crippen molar-refractivity contribution < 1.29 is 9.21 Å². The first-order valence-electron chi connectivity index (χ1n) is 9.63. The topological polar surface area (TPSA) is 63.3 Å². The van der Waals surface area contributed by atoms with Crippen molar-refractivity contribution in [2.75, 3.05) is 5.32 Å². The fraction of sp³-hybridized carbons (Fsp3) is 0.130. The average molecular weight is 419 g/mol. The van der Waals surface area contributed by atoms with E-state index in [1.54, 1.807) is 15.8 Å². The van der Waals surface area contributed by atoms with Crippen molar-refractivity contribution in [1.29, 1.82) is 0 Å². The lowest BCUT2D eigenvalue weighted by Crippen LogP contribution is -2.42. The van der Waals surface area contributed by atoms with Crippen molar-refractivity contribution in [3.8, 4) is 5.69 Å². The highest BCUT2D eigenvalue weighted by atomic mass is 35.5. The Labute approximate surface area is 178 Å². The number of anilines is 1. The van der Waals surface area contributed by atoms with Crippen molar-refractivity contribution >= 4 is 23.2 Å². The van der Waals surface area contributed by atoms with Crippen molar-refractivity contribution in [1.82, 2.24) is 14.7 Å². The van der Waals surface area contributed by atoms with E-state index in [-0.39, 0.29) is 5.91 Å². The van der Waals surface area contributed by atoms with Gasteiger partial charge in [-0.2, -0.15) is 5.10 Å². The van der Waals surface area contributed by atoms with Crippen LogP contribution in [-0.2, 0) is 6.54 Å². The Balaban J connectivity index is 1.62. The second-order valence-electron chi connectivity index (χ2n) is 7.14. The summed E-state index contributed by atoms with van der Waals surface area (Å²) in [5, 5.41) is 8.60. The summed E-state index contributed by atoms with van der Waals surface area (Å²) in [5.41, 5.74) is 3.75. The van der Waals surface area contributed by atoms with Gasteiger partial charge in [0.15, 0.2) is 0 Å². The van der Waals surface area contributed by atoms with E-state index < -0.39 is 6.17 Å². The molecule has 30 heavy (non-hydrogen) atoms. The molecule has 0 unspecified atom stereocenters. The number of nitrogens with zero attached hydrogens (tertiary/aromatic N) is 3. The molecule has 1 amide bonds. The summed E-state index contributed by atoms with van der Waals surface area (Å²) in [6.07, 6.45) is 1.12. The normalized spacial score (nSPS) is 15.7. The number of benzene rings is 2. The Morgan fingerprint density at radius 1 is 1.07 bits per heavy atom. The van der Waals surface area contributed by atoms with Gasteiger partial charge < -0.3 is 14.6 Å². The number of furan rings is 1. The van der Waals surface area contributed by atoms with E-state index >= 15 is 0 Å². The van der Waals surface area contributed by atoms with Gasteiger partial charge in [-0.1, -0.05) is 41.9 Å². The zero-order valence-electron chi connectivity index (χ0n) is 16.2. The minimum absolute atomic E-state index is 0.0892. The van der Waals surface area contributed by atoms with E-state index in [2.05, 4.69) is 10.4 Å². The molecule has 7 heteroatoms. The van der Waals surface area contributed by atoms with Gasteiger partial charge in [-0.05, 0) is 43.3 Å². The van der Waals surface area contributed by atoms with Crippen molar-refractivity contribution in [2.45, 2.75) is 19.6 Å². The Morgan fingerprint density at radius 2 is 1.83 bits per heavy atom. The number of amides is 1. The number of aromatic nitrogens is 2. The number of para-hydroxylation sites is 2. The van der Waals surface area contributed by atoms with Gasteiger partial charge in [0.25, 0.3) is 5.91 Å². The van der Waals surface area contributed by atoms with Gasteiger partial charge >= 0.3 is 0 Å². The summed E-state index contributed by atoms with van der Waals surface area (Å²) in [6, 6.07) is 20.8. The molecule has 1 N–H and O–H groups in total. The molecule has 6 nitrogen and oxygen atoms in total. The molecule has 2 aromatic heterocycles. The first kappa shape index (κ1) is 18.5. The molecule has 1 aliphatic heterocycles. The Morgan fingerprint density at radius 3 is 2.60 bits per heavy atom. The standard InChI is InChI=1S/C23H19ClN4O2/c1-15-20(21(24)28(26-15)16-8-3-2-4-9-16)22-25-19-12-6-5-11-18(19)23(29)27(22)14-17-10-7-13-30-17/h2-13,22,25H,14H2,1H3/t22-/m0/s1. The van der Waals surface area contributed by atoms with E-state index in [1.165, 1.54) is 0 Å². The summed E-state index contributed by atoms with van der Waals surface area (Å²) in [6.45, 7) is 2.21. The zero-order chi connectivity index (χ0) is 20.7. The van der Waals surface area contributed by atoms with Gasteiger partial charge in [-0.3, -0.25) is 4.79 Å². The highest BCUT2D eigenvalue weighted by Gasteiger charge is 2.37. The Hall–Kier alpha value is -3.51. The van der Waals surface area contributed by atoms with Crippen LogP contribution in [0, 0.1) is 6.92 Å². The van der Waals surface area contributed by atoms with Gasteiger partial charge in [0, 0.05) is 5.69 Å². The third-order valence-electron chi connectivity index (χ3n) is 5.25. The molecule has 0 radical (unpaired) electrons. The quantitative estimate of drug-likeness (QED) is 0.495. The SMILES string of the molecule is Cc1nn(-c2ccccc2)c(Cl)c1[C@H]1Nc2ccccc2C(=O)N1Cc1ccco1. The average Bonchev–Trinajstić information content (AvgIpc) is 3.38. The third-order valence-corrected chi connectivity index (χ3v) is 5.61. The molecule has 1 aliphatic rings. The molecule has 2 aromatic carbocycles. The van der Waals surface area contributed by atoms with Crippen molar-refractivity contribution in [2.24, 2.45) is 0 Å². The molecule has 0 spiro atoms.